The lowest BCUT2D eigenvalue weighted by Gasteiger charge is -2.27. The van der Waals surface area contributed by atoms with Crippen LogP contribution in [-0.2, 0) is 19.3 Å². The molecule has 1 heterocycles. The Hall–Kier alpha value is -0.950. The highest BCUT2D eigenvalue weighted by molar-refractivity contribution is 7.91. The molecule has 6 heteroatoms. The monoisotopic (exact) mass is 314 g/mol. The van der Waals surface area contributed by atoms with Crippen molar-refractivity contribution < 1.29 is 23.0 Å². The van der Waals surface area contributed by atoms with Crippen LogP contribution >= 0.6 is 0 Å². The molecule has 0 amide bonds. The zero-order valence-electron chi connectivity index (χ0n) is 12.5. The molecule has 118 valence electrons. The van der Waals surface area contributed by atoms with Crippen molar-refractivity contribution in [2.24, 2.45) is 0 Å². The molecule has 1 aromatic carbocycles. The predicted octanol–water partition coefficient (Wildman–Crippen LogP) is 1.67. The molecule has 5 nitrogen and oxygen atoms in total. The molecule has 0 spiro atoms. The average molecular weight is 314 g/mol. The minimum absolute atomic E-state index is 0.0411. The maximum absolute atomic E-state index is 12.4. The molecule has 1 N–H and O–H groups in total. The van der Waals surface area contributed by atoms with E-state index in [9.17, 15) is 13.5 Å². The van der Waals surface area contributed by atoms with E-state index in [1.54, 1.807) is 45.0 Å². The average Bonchev–Trinajstić information content (AvgIpc) is 2.80. The molecule has 21 heavy (non-hydrogen) atoms. The van der Waals surface area contributed by atoms with Crippen LogP contribution in [0.3, 0.4) is 0 Å². The van der Waals surface area contributed by atoms with Crippen molar-refractivity contribution in [3.05, 3.63) is 35.9 Å². The van der Waals surface area contributed by atoms with Crippen molar-refractivity contribution >= 4 is 9.84 Å². The summed E-state index contributed by atoms with van der Waals surface area (Å²) in [5, 5.41) is 9.57. The van der Waals surface area contributed by atoms with Gasteiger partial charge in [-0.25, -0.2) is 8.42 Å². The van der Waals surface area contributed by atoms with Crippen LogP contribution in [-0.4, -0.2) is 43.9 Å². The van der Waals surface area contributed by atoms with Gasteiger partial charge in [-0.15, -0.1) is 0 Å². The molecular weight excluding hydrogens is 292 g/mol. The first-order valence-electron chi connectivity index (χ1n) is 7.03. The number of ether oxygens (including phenoxy) is 2. The lowest BCUT2D eigenvalue weighted by atomic mass is 10.0. The van der Waals surface area contributed by atoms with Crippen molar-refractivity contribution in [3.63, 3.8) is 0 Å². The first-order chi connectivity index (χ1) is 9.77. The zero-order chi connectivity index (χ0) is 15.7. The summed E-state index contributed by atoms with van der Waals surface area (Å²) in [4.78, 5) is 0. The van der Waals surface area contributed by atoms with Crippen LogP contribution in [0.25, 0.3) is 0 Å². The van der Waals surface area contributed by atoms with Gasteiger partial charge in [-0.2, -0.15) is 0 Å². The van der Waals surface area contributed by atoms with Gasteiger partial charge in [0.15, 0.2) is 15.6 Å². The van der Waals surface area contributed by atoms with Crippen molar-refractivity contribution in [1.82, 2.24) is 0 Å². The second kappa shape index (κ2) is 6.04. The number of hydrogen-bond donors (Lipinski definition) is 1. The van der Waals surface area contributed by atoms with Crippen LogP contribution in [0.5, 0.6) is 0 Å². The minimum Gasteiger partial charge on any atom is -0.389 e. The third-order valence-electron chi connectivity index (χ3n) is 3.64. The second-order valence-corrected chi connectivity index (χ2v) is 8.05. The summed E-state index contributed by atoms with van der Waals surface area (Å²) in [7, 11) is -3.47. The summed E-state index contributed by atoms with van der Waals surface area (Å²) >= 11 is 0. The Balaban J connectivity index is 2.33. The van der Waals surface area contributed by atoms with Crippen molar-refractivity contribution in [1.29, 1.82) is 0 Å². The van der Waals surface area contributed by atoms with Gasteiger partial charge >= 0.3 is 0 Å². The number of sulfone groups is 1. The van der Waals surface area contributed by atoms with E-state index < -0.39 is 33.1 Å². The Morgan fingerprint density at radius 2 is 1.95 bits per heavy atom. The quantitative estimate of drug-likeness (QED) is 0.895. The van der Waals surface area contributed by atoms with Gasteiger partial charge in [0, 0.05) is 5.75 Å². The van der Waals surface area contributed by atoms with Crippen LogP contribution in [0, 0.1) is 0 Å². The highest BCUT2D eigenvalue weighted by Gasteiger charge is 2.44. The first kappa shape index (κ1) is 16.4. The van der Waals surface area contributed by atoms with Crippen molar-refractivity contribution in [2.45, 2.75) is 44.0 Å². The number of hydrogen-bond acceptors (Lipinski definition) is 5. The van der Waals surface area contributed by atoms with Crippen LogP contribution in [0.15, 0.2) is 30.3 Å². The fraction of sp³-hybridized carbons (Fsp3) is 0.600. The van der Waals surface area contributed by atoms with Crippen LogP contribution in [0.1, 0.15) is 31.6 Å². The van der Waals surface area contributed by atoms with Gasteiger partial charge in [-0.05, 0) is 19.4 Å². The third-order valence-corrected chi connectivity index (χ3v) is 5.77. The molecule has 0 saturated carbocycles. The summed E-state index contributed by atoms with van der Waals surface area (Å²) in [5.74, 6) is -0.844. The normalized spacial score (nSPS) is 24.7. The summed E-state index contributed by atoms with van der Waals surface area (Å²) < 4.78 is 35.9. The molecular formula is C15H22O5S. The number of aliphatic hydroxyl groups is 1. The summed E-state index contributed by atoms with van der Waals surface area (Å²) in [5.41, 5.74) is 0.570. The molecule has 1 aromatic rings. The molecule has 1 aliphatic rings. The number of aliphatic hydroxyl groups excluding tert-OH is 1. The molecule has 0 aliphatic carbocycles. The second-order valence-electron chi connectivity index (χ2n) is 5.64. The van der Waals surface area contributed by atoms with E-state index in [0.717, 1.165) is 0 Å². The van der Waals surface area contributed by atoms with Crippen molar-refractivity contribution in [2.75, 3.05) is 12.4 Å². The van der Waals surface area contributed by atoms with E-state index in [1.807, 2.05) is 6.07 Å². The SMILES string of the molecule is CCS(=O)(=O)[C@H](c1ccccc1)[C@@H](O)[C@H]1COC(C)(C)O1. The van der Waals surface area contributed by atoms with E-state index >= 15 is 0 Å². The summed E-state index contributed by atoms with van der Waals surface area (Å²) in [6.45, 7) is 5.24. The Morgan fingerprint density at radius 1 is 1.33 bits per heavy atom. The molecule has 0 radical (unpaired) electrons. The number of benzene rings is 1. The lowest BCUT2D eigenvalue weighted by molar-refractivity contribution is -0.151. The molecule has 3 atom stereocenters. The smallest absolute Gasteiger partial charge is 0.163 e. The van der Waals surface area contributed by atoms with Gasteiger partial charge < -0.3 is 14.6 Å². The Labute approximate surface area is 125 Å². The van der Waals surface area contributed by atoms with Gasteiger partial charge in [0.05, 0.1) is 6.61 Å². The Bertz CT molecular complexity index is 567. The molecule has 1 saturated heterocycles. The largest absolute Gasteiger partial charge is 0.389 e. The van der Waals surface area contributed by atoms with Gasteiger partial charge in [0.25, 0.3) is 0 Å². The highest BCUT2D eigenvalue weighted by Crippen LogP contribution is 2.34. The molecule has 1 aliphatic heterocycles. The van der Waals surface area contributed by atoms with Crippen LogP contribution in [0.2, 0.25) is 0 Å². The third kappa shape index (κ3) is 3.63. The van der Waals surface area contributed by atoms with Gasteiger partial charge in [0.1, 0.15) is 17.5 Å². The molecule has 0 unspecified atom stereocenters. The van der Waals surface area contributed by atoms with E-state index in [-0.39, 0.29) is 12.4 Å². The lowest BCUT2D eigenvalue weighted by Crippen LogP contribution is -2.39. The molecule has 2 rings (SSSR count). The van der Waals surface area contributed by atoms with Crippen molar-refractivity contribution in [3.8, 4) is 0 Å². The topological polar surface area (TPSA) is 72.8 Å². The van der Waals surface area contributed by atoms with Crippen LogP contribution in [0.4, 0.5) is 0 Å². The number of rotatable bonds is 5. The van der Waals surface area contributed by atoms with Gasteiger partial charge in [-0.1, -0.05) is 37.3 Å². The van der Waals surface area contributed by atoms with E-state index in [1.165, 1.54) is 0 Å². The predicted molar refractivity (Wildman–Crippen MR) is 79.6 cm³/mol. The standard InChI is InChI=1S/C15H22O5S/c1-4-21(17,18)14(11-8-6-5-7-9-11)13(16)12-10-19-15(2,3)20-12/h5-9,12-14,16H,4,10H2,1-3H3/t12-,13+,14-/m1/s1. The zero-order valence-corrected chi connectivity index (χ0v) is 13.3. The maximum atomic E-state index is 12.4. The maximum Gasteiger partial charge on any atom is 0.163 e. The molecule has 0 bridgehead atoms. The Morgan fingerprint density at radius 3 is 2.43 bits per heavy atom. The fourth-order valence-corrected chi connectivity index (χ4v) is 4.05. The van der Waals surface area contributed by atoms with Crippen LogP contribution < -0.4 is 0 Å². The first-order valence-corrected chi connectivity index (χ1v) is 8.75. The van der Waals surface area contributed by atoms with E-state index in [0.29, 0.717) is 5.56 Å². The minimum atomic E-state index is -3.47. The summed E-state index contributed by atoms with van der Waals surface area (Å²) in [6.07, 6.45) is -1.83. The van der Waals surface area contributed by atoms with Gasteiger partial charge in [-0.3, -0.25) is 0 Å². The Kier molecular flexibility index (Phi) is 4.72. The molecule has 1 fully saturated rings. The van der Waals surface area contributed by atoms with E-state index in [4.69, 9.17) is 9.47 Å². The van der Waals surface area contributed by atoms with Gasteiger partial charge in [0.2, 0.25) is 0 Å². The fourth-order valence-electron chi connectivity index (χ4n) is 2.52. The molecule has 0 aromatic heterocycles. The summed E-state index contributed by atoms with van der Waals surface area (Å²) in [6, 6.07) is 8.75. The highest BCUT2D eigenvalue weighted by atomic mass is 32.2. The van der Waals surface area contributed by atoms with E-state index in [2.05, 4.69) is 0 Å².